The Morgan fingerprint density at radius 1 is 1.06 bits per heavy atom. The minimum atomic E-state index is -0.123. The van der Waals surface area contributed by atoms with E-state index in [1.54, 1.807) is 30.7 Å². The van der Waals surface area contributed by atoms with Crippen LogP contribution in [0.2, 0.25) is 0 Å². The summed E-state index contributed by atoms with van der Waals surface area (Å²) in [6.45, 7) is 3.37. The van der Waals surface area contributed by atoms with Crippen molar-refractivity contribution in [3.8, 4) is 23.1 Å². The highest BCUT2D eigenvalue weighted by Gasteiger charge is 2.15. The average molecular weight is 446 g/mol. The van der Waals surface area contributed by atoms with Crippen LogP contribution in [0.3, 0.4) is 0 Å². The molecule has 1 aromatic carbocycles. The molecule has 1 N–H and O–H groups in total. The minimum Gasteiger partial charge on any atom is -0.339 e. The Bertz CT molecular complexity index is 1580. The number of nitrogens with zero attached hydrogens (tertiary/aromatic N) is 7. The van der Waals surface area contributed by atoms with Gasteiger partial charge in [-0.1, -0.05) is 0 Å². The third kappa shape index (κ3) is 3.96. The van der Waals surface area contributed by atoms with Gasteiger partial charge in [-0.05, 0) is 62.4 Å². The van der Waals surface area contributed by atoms with Crippen molar-refractivity contribution in [3.05, 3.63) is 84.1 Å². The molecule has 4 heterocycles. The summed E-state index contributed by atoms with van der Waals surface area (Å²) in [6, 6.07) is 16.8. The molecule has 5 rings (SSSR count). The van der Waals surface area contributed by atoms with Gasteiger partial charge < -0.3 is 5.32 Å². The largest absolute Gasteiger partial charge is 0.339 e. The summed E-state index contributed by atoms with van der Waals surface area (Å²) < 4.78 is 1.85. The van der Waals surface area contributed by atoms with Crippen LogP contribution in [0, 0.1) is 18.3 Å². The number of ketones is 1. The van der Waals surface area contributed by atoms with Crippen molar-refractivity contribution >= 4 is 28.3 Å². The second-order valence-corrected chi connectivity index (χ2v) is 7.70. The number of imidazole rings is 1. The van der Waals surface area contributed by atoms with E-state index in [0.717, 1.165) is 22.4 Å². The van der Waals surface area contributed by atoms with E-state index < -0.39 is 0 Å². The lowest BCUT2D eigenvalue weighted by molar-refractivity contribution is 0.101. The van der Waals surface area contributed by atoms with Gasteiger partial charge in [-0.15, -0.1) is 5.10 Å². The maximum absolute atomic E-state index is 12.2. The van der Waals surface area contributed by atoms with Gasteiger partial charge in [0.15, 0.2) is 11.6 Å². The maximum Gasteiger partial charge on any atom is 0.161 e. The summed E-state index contributed by atoms with van der Waals surface area (Å²) in [7, 11) is 0. The third-order valence-corrected chi connectivity index (χ3v) is 5.26. The number of nitriles is 1. The summed E-state index contributed by atoms with van der Waals surface area (Å²) in [5.74, 6) is 1.11. The number of nitrogens with one attached hydrogen (secondary N) is 1. The molecule has 0 atom stereocenters. The van der Waals surface area contributed by atoms with Gasteiger partial charge in [-0.2, -0.15) is 10.4 Å². The number of benzene rings is 1. The van der Waals surface area contributed by atoms with E-state index in [1.165, 1.54) is 13.1 Å². The minimum absolute atomic E-state index is 0.123. The van der Waals surface area contributed by atoms with E-state index >= 15 is 0 Å². The van der Waals surface area contributed by atoms with Gasteiger partial charge in [0.25, 0.3) is 0 Å². The van der Waals surface area contributed by atoms with Crippen molar-refractivity contribution < 1.29 is 4.79 Å². The number of carbonyl (C=O) groups is 1. The highest BCUT2D eigenvalue weighted by molar-refractivity contribution is 6.00. The molecule has 4 aromatic heterocycles. The normalized spacial score (nSPS) is 10.7. The number of pyridine rings is 2. The molecular formula is C25H18N8O. The lowest BCUT2D eigenvalue weighted by Crippen LogP contribution is -2.04. The number of anilines is 2. The predicted octanol–water partition coefficient (Wildman–Crippen LogP) is 4.40. The highest BCUT2D eigenvalue weighted by atomic mass is 16.1. The van der Waals surface area contributed by atoms with Gasteiger partial charge in [0.05, 0.1) is 28.0 Å². The second kappa shape index (κ2) is 8.52. The molecule has 0 spiro atoms. The van der Waals surface area contributed by atoms with Gasteiger partial charge in [0.2, 0.25) is 0 Å². The Labute approximate surface area is 194 Å². The molecule has 0 unspecified atom stereocenters. The molecule has 0 saturated carbocycles. The molecular weight excluding hydrogens is 428 g/mol. The predicted molar refractivity (Wildman–Crippen MR) is 127 cm³/mol. The van der Waals surface area contributed by atoms with Crippen LogP contribution in [0.25, 0.3) is 28.1 Å². The summed E-state index contributed by atoms with van der Waals surface area (Å²) in [4.78, 5) is 25.6. The number of aryl methyl sites for hydroxylation is 1. The molecule has 0 aliphatic carbocycles. The molecule has 34 heavy (non-hydrogen) atoms. The fourth-order valence-electron chi connectivity index (χ4n) is 3.60. The van der Waals surface area contributed by atoms with E-state index in [2.05, 4.69) is 31.6 Å². The standard InChI is InChI=1S/C25H18N8O/c1-15-3-7-23(32-31-15)29-19-4-6-22-21(10-19)28-14-33(22)24-8-5-20(16(2)34)25(30-24)18-9-17(11-26)12-27-13-18/h3-10,12-14H,1-2H3,(H,29,32). The number of Topliss-reactive ketones (excluding diaryl/α,β-unsaturated/α-hetero) is 1. The van der Waals surface area contributed by atoms with E-state index in [-0.39, 0.29) is 5.78 Å². The summed E-state index contributed by atoms with van der Waals surface area (Å²) in [6.07, 6.45) is 4.75. The van der Waals surface area contributed by atoms with Crippen LogP contribution in [0.1, 0.15) is 28.5 Å². The van der Waals surface area contributed by atoms with Gasteiger partial charge >= 0.3 is 0 Å². The van der Waals surface area contributed by atoms with E-state index in [4.69, 9.17) is 4.98 Å². The quantitative estimate of drug-likeness (QED) is 0.394. The smallest absolute Gasteiger partial charge is 0.161 e. The molecule has 5 aromatic rings. The average Bonchev–Trinajstić information content (AvgIpc) is 3.28. The third-order valence-electron chi connectivity index (χ3n) is 5.26. The molecule has 0 aliphatic rings. The van der Waals surface area contributed by atoms with E-state index in [1.807, 2.05) is 41.8 Å². The Hall–Kier alpha value is -4.97. The van der Waals surface area contributed by atoms with Crippen LogP contribution in [0.5, 0.6) is 0 Å². The zero-order valence-electron chi connectivity index (χ0n) is 18.4. The molecule has 9 heteroatoms. The van der Waals surface area contributed by atoms with Crippen LogP contribution in [-0.4, -0.2) is 35.5 Å². The first-order valence-electron chi connectivity index (χ1n) is 10.4. The number of fused-ring (bicyclic) bond motifs is 1. The number of rotatable bonds is 5. The van der Waals surface area contributed by atoms with Crippen LogP contribution in [0.15, 0.2) is 67.3 Å². The Morgan fingerprint density at radius 3 is 2.71 bits per heavy atom. The van der Waals surface area contributed by atoms with Crippen molar-refractivity contribution in [1.82, 2.24) is 29.7 Å². The monoisotopic (exact) mass is 446 g/mol. The van der Waals surface area contributed by atoms with E-state index in [0.29, 0.717) is 34.0 Å². The zero-order chi connectivity index (χ0) is 23.7. The van der Waals surface area contributed by atoms with Gasteiger partial charge in [0, 0.05) is 29.2 Å². The lowest BCUT2D eigenvalue weighted by Gasteiger charge is -2.11. The van der Waals surface area contributed by atoms with Gasteiger partial charge in [-0.25, -0.2) is 9.97 Å². The molecule has 164 valence electrons. The molecule has 0 fully saturated rings. The maximum atomic E-state index is 12.2. The number of hydrogen-bond donors (Lipinski definition) is 1. The van der Waals surface area contributed by atoms with Gasteiger partial charge in [-0.3, -0.25) is 14.3 Å². The lowest BCUT2D eigenvalue weighted by atomic mass is 10.0. The highest BCUT2D eigenvalue weighted by Crippen LogP contribution is 2.27. The van der Waals surface area contributed by atoms with Crippen molar-refractivity contribution in [2.75, 3.05) is 5.32 Å². The van der Waals surface area contributed by atoms with Crippen molar-refractivity contribution in [2.24, 2.45) is 0 Å². The van der Waals surface area contributed by atoms with Crippen molar-refractivity contribution in [1.29, 1.82) is 5.26 Å². The summed E-state index contributed by atoms with van der Waals surface area (Å²) in [5, 5.41) is 20.6. The molecule has 0 bridgehead atoms. The summed E-state index contributed by atoms with van der Waals surface area (Å²) in [5.41, 5.74) is 5.19. The van der Waals surface area contributed by atoms with Crippen LogP contribution in [-0.2, 0) is 0 Å². The number of hydrogen-bond acceptors (Lipinski definition) is 8. The number of aromatic nitrogens is 6. The number of carbonyl (C=O) groups excluding carboxylic acids is 1. The Morgan fingerprint density at radius 2 is 1.94 bits per heavy atom. The van der Waals surface area contributed by atoms with E-state index in [9.17, 15) is 10.1 Å². The van der Waals surface area contributed by atoms with Crippen molar-refractivity contribution in [3.63, 3.8) is 0 Å². The molecule has 0 radical (unpaired) electrons. The fraction of sp³-hybridized carbons (Fsp3) is 0.0800. The first-order chi connectivity index (χ1) is 16.5. The van der Waals surface area contributed by atoms with Crippen molar-refractivity contribution in [2.45, 2.75) is 13.8 Å². The fourth-order valence-corrected chi connectivity index (χ4v) is 3.60. The van der Waals surface area contributed by atoms with Gasteiger partial charge in [0.1, 0.15) is 18.2 Å². The Kier molecular flexibility index (Phi) is 5.24. The second-order valence-electron chi connectivity index (χ2n) is 7.70. The summed E-state index contributed by atoms with van der Waals surface area (Å²) >= 11 is 0. The molecule has 0 saturated heterocycles. The Balaban J connectivity index is 1.55. The SMILES string of the molecule is CC(=O)c1ccc(-n2cnc3cc(Nc4ccc(C)nn4)ccc32)nc1-c1cncc(C#N)c1. The first-order valence-corrected chi connectivity index (χ1v) is 10.4. The molecule has 0 amide bonds. The van der Waals surface area contributed by atoms with Crippen LogP contribution < -0.4 is 5.32 Å². The first kappa shape index (κ1) is 20.9. The van der Waals surface area contributed by atoms with Crippen LogP contribution >= 0.6 is 0 Å². The van der Waals surface area contributed by atoms with Crippen LogP contribution in [0.4, 0.5) is 11.5 Å². The molecule has 0 aliphatic heterocycles. The molecule has 9 nitrogen and oxygen atoms in total. The topological polar surface area (TPSA) is 122 Å². The zero-order valence-corrected chi connectivity index (χ0v) is 18.4.